The molecule has 0 aliphatic heterocycles. The molecule has 2 aromatic heterocycles. The maximum Gasteiger partial charge on any atom is 0.335 e. The summed E-state index contributed by atoms with van der Waals surface area (Å²) in [5.74, 6) is -0.0908. The summed E-state index contributed by atoms with van der Waals surface area (Å²) in [6.07, 6.45) is 0.883. The van der Waals surface area contributed by atoms with E-state index in [9.17, 15) is 9.59 Å². The molecule has 0 aliphatic carbocycles. The first kappa shape index (κ1) is 17.4. The average Bonchev–Trinajstić information content (AvgIpc) is 3.01. The molecule has 1 aromatic carbocycles. The van der Waals surface area contributed by atoms with Crippen molar-refractivity contribution in [1.29, 1.82) is 0 Å². The molecule has 0 amide bonds. The molecular weight excluding hydrogens is 336 g/mol. The molecule has 2 heterocycles. The third-order valence-electron chi connectivity index (χ3n) is 4.14. The van der Waals surface area contributed by atoms with Crippen LogP contribution in [0.4, 0.5) is 0 Å². The van der Waals surface area contributed by atoms with Crippen molar-refractivity contribution in [2.24, 2.45) is 0 Å². The second-order valence-electron chi connectivity index (χ2n) is 6.30. The van der Waals surface area contributed by atoms with Crippen molar-refractivity contribution in [3.63, 3.8) is 0 Å². The Morgan fingerprint density at radius 3 is 2.52 bits per heavy atom. The van der Waals surface area contributed by atoms with E-state index in [2.05, 4.69) is 6.92 Å². The highest BCUT2D eigenvalue weighted by atomic mass is 32.1. The number of carboxylic acids is 1. The van der Waals surface area contributed by atoms with Crippen LogP contribution in [0.15, 0.2) is 35.1 Å². The molecule has 1 N–H and O–H groups in total. The molecule has 0 saturated heterocycles. The Labute approximate surface area is 149 Å². The smallest absolute Gasteiger partial charge is 0.335 e. The van der Waals surface area contributed by atoms with E-state index in [0.29, 0.717) is 11.9 Å². The summed E-state index contributed by atoms with van der Waals surface area (Å²) in [5.41, 5.74) is 1.08. The summed E-state index contributed by atoms with van der Waals surface area (Å²) in [6.45, 7) is 6.49. The van der Waals surface area contributed by atoms with E-state index < -0.39 is 5.97 Å². The predicted molar refractivity (Wildman–Crippen MR) is 99.9 cm³/mol. The number of carboxylic acid groups (broad SMARTS) is 1. The topological polar surface area (TPSA) is 72.2 Å². The minimum absolute atomic E-state index is 0.0352. The summed E-state index contributed by atoms with van der Waals surface area (Å²) < 4.78 is 1.70. The van der Waals surface area contributed by atoms with Gasteiger partial charge in [0.2, 0.25) is 0 Å². The van der Waals surface area contributed by atoms with Gasteiger partial charge in [-0.05, 0) is 30.2 Å². The summed E-state index contributed by atoms with van der Waals surface area (Å²) in [5, 5.41) is 9.67. The van der Waals surface area contributed by atoms with Gasteiger partial charge in [0.05, 0.1) is 17.5 Å². The van der Waals surface area contributed by atoms with Crippen LogP contribution in [-0.4, -0.2) is 20.6 Å². The minimum Gasteiger partial charge on any atom is -0.478 e. The number of hydrogen-bond donors (Lipinski definition) is 1. The first-order valence-electron chi connectivity index (χ1n) is 8.26. The van der Waals surface area contributed by atoms with E-state index in [0.717, 1.165) is 27.5 Å². The number of benzene rings is 1. The van der Waals surface area contributed by atoms with E-state index in [1.807, 2.05) is 19.9 Å². The van der Waals surface area contributed by atoms with Gasteiger partial charge in [0.25, 0.3) is 5.56 Å². The van der Waals surface area contributed by atoms with Gasteiger partial charge in [-0.25, -0.2) is 9.78 Å². The van der Waals surface area contributed by atoms with Gasteiger partial charge in [0, 0.05) is 10.8 Å². The lowest BCUT2D eigenvalue weighted by molar-refractivity contribution is 0.0697. The number of carbonyl (C=O) groups is 1. The van der Waals surface area contributed by atoms with Crippen molar-refractivity contribution in [2.45, 2.75) is 39.7 Å². The van der Waals surface area contributed by atoms with Crippen molar-refractivity contribution in [2.75, 3.05) is 0 Å². The third-order valence-corrected chi connectivity index (χ3v) is 5.31. The van der Waals surface area contributed by atoms with Gasteiger partial charge in [-0.3, -0.25) is 9.36 Å². The van der Waals surface area contributed by atoms with Gasteiger partial charge in [0.15, 0.2) is 0 Å². The van der Waals surface area contributed by atoms with Crippen LogP contribution in [0.25, 0.3) is 10.2 Å². The van der Waals surface area contributed by atoms with E-state index in [1.165, 1.54) is 0 Å². The zero-order valence-corrected chi connectivity index (χ0v) is 15.3. The molecule has 0 aliphatic rings. The van der Waals surface area contributed by atoms with Crippen molar-refractivity contribution < 1.29 is 9.90 Å². The first-order valence-corrected chi connectivity index (χ1v) is 9.07. The molecule has 5 nitrogen and oxygen atoms in total. The van der Waals surface area contributed by atoms with E-state index in [1.54, 1.807) is 40.2 Å². The molecule has 130 valence electrons. The molecule has 0 unspecified atom stereocenters. The molecule has 6 heteroatoms. The summed E-state index contributed by atoms with van der Waals surface area (Å²) in [7, 11) is 0. The highest BCUT2D eigenvalue weighted by Crippen LogP contribution is 2.24. The quantitative estimate of drug-likeness (QED) is 0.753. The fourth-order valence-corrected chi connectivity index (χ4v) is 3.75. The Bertz CT molecular complexity index is 984. The molecular formula is C19H20N2O3S. The number of aromatic nitrogens is 2. The molecule has 0 radical (unpaired) electrons. The number of aromatic carboxylic acids is 1. The van der Waals surface area contributed by atoms with Crippen LogP contribution in [0.3, 0.4) is 0 Å². The maximum atomic E-state index is 13.0. The van der Waals surface area contributed by atoms with E-state index in [-0.39, 0.29) is 17.0 Å². The second-order valence-corrected chi connectivity index (χ2v) is 7.42. The number of rotatable bonds is 5. The lowest BCUT2D eigenvalue weighted by Gasteiger charge is -2.15. The van der Waals surface area contributed by atoms with Crippen molar-refractivity contribution in [3.05, 3.63) is 62.5 Å². The lowest BCUT2D eigenvalue weighted by atomic mass is 10.1. The van der Waals surface area contributed by atoms with Crippen LogP contribution >= 0.6 is 11.3 Å². The highest BCUT2D eigenvalue weighted by molar-refractivity contribution is 7.18. The first-order chi connectivity index (χ1) is 11.9. The zero-order chi connectivity index (χ0) is 18.1. The summed E-state index contributed by atoms with van der Waals surface area (Å²) >= 11 is 1.57. The largest absolute Gasteiger partial charge is 0.478 e. The predicted octanol–water partition coefficient (Wildman–Crippen LogP) is 3.89. The van der Waals surface area contributed by atoms with Crippen LogP contribution in [0.2, 0.25) is 0 Å². The maximum absolute atomic E-state index is 13.0. The average molecular weight is 356 g/mol. The molecule has 0 spiro atoms. The summed E-state index contributed by atoms with van der Waals surface area (Å²) in [4.78, 5) is 30.7. The number of hydrogen-bond acceptors (Lipinski definition) is 4. The number of aryl methyl sites for hydroxylation is 1. The fourth-order valence-electron chi connectivity index (χ4n) is 2.78. The van der Waals surface area contributed by atoms with Crippen LogP contribution in [-0.2, 0) is 13.0 Å². The lowest BCUT2D eigenvalue weighted by Crippen LogP contribution is -2.26. The van der Waals surface area contributed by atoms with Gasteiger partial charge in [-0.2, -0.15) is 0 Å². The molecule has 0 saturated carbocycles. The molecule has 0 atom stereocenters. The van der Waals surface area contributed by atoms with Crippen LogP contribution in [0, 0.1) is 0 Å². The van der Waals surface area contributed by atoms with Gasteiger partial charge < -0.3 is 5.11 Å². The molecule has 0 bridgehead atoms. The van der Waals surface area contributed by atoms with E-state index >= 15 is 0 Å². The van der Waals surface area contributed by atoms with Crippen molar-refractivity contribution in [3.8, 4) is 0 Å². The normalized spacial score (nSPS) is 11.4. The SMILES string of the molecule is CCc1cc2c(=O)n(Cc3ccc(C(=O)O)cc3)c(C(C)C)nc2s1. The minimum atomic E-state index is -0.958. The molecule has 3 aromatic rings. The fraction of sp³-hybridized carbons (Fsp3) is 0.316. The Hall–Kier alpha value is -2.47. The van der Waals surface area contributed by atoms with Gasteiger partial charge in [-0.1, -0.05) is 32.9 Å². The Kier molecular flexibility index (Phi) is 4.72. The van der Waals surface area contributed by atoms with E-state index in [4.69, 9.17) is 10.1 Å². The van der Waals surface area contributed by atoms with Gasteiger partial charge in [0.1, 0.15) is 10.7 Å². The highest BCUT2D eigenvalue weighted by Gasteiger charge is 2.16. The van der Waals surface area contributed by atoms with Crippen molar-refractivity contribution in [1.82, 2.24) is 9.55 Å². The monoisotopic (exact) mass is 356 g/mol. The Balaban J connectivity index is 2.10. The van der Waals surface area contributed by atoms with Crippen molar-refractivity contribution >= 4 is 27.5 Å². The second kappa shape index (κ2) is 6.80. The van der Waals surface area contributed by atoms with Gasteiger partial charge in [-0.15, -0.1) is 11.3 Å². The zero-order valence-electron chi connectivity index (χ0n) is 14.4. The Morgan fingerprint density at radius 1 is 1.28 bits per heavy atom. The molecule has 25 heavy (non-hydrogen) atoms. The number of nitrogens with zero attached hydrogens (tertiary/aromatic N) is 2. The molecule has 0 fully saturated rings. The standard InChI is InChI=1S/C19H20N2O3S/c1-4-14-9-15-17(25-14)20-16(11(2)3)21(18(15)22)10-12-5-7-13(8-6-12)19(23)24/h5-9,11H,4,10H2,1-3H3,(H,23,24). The third kappa shape index (κ3) is 3.35. The number of thiophene rings is 1. The van der Waals surface area contributed by atoms with Crippen LogP contribution in [0.5, 0.6) is 0 Å². The van der Waals surface area contributed by atoms with Gasteiger partial charge >= 0.3 is 5.97 Å². The number of fused-ring (bicyclic) bond motifs is 1. The van der Waals surface area contributed by atoms with Crippen LogP contribution < -0.4 is 5.56 Å². The molecule has 3 rings (SSSR count). The summed E-state index contributed by atoms with van der Waals surface area (Å²) in [6, 6.07) is 8.54. The van der Waals surface area contributed by atoms with Crippen LogP contribution in [0.1, 0.15) is 53.3 Å². The Morgan fingerprint density at radius 2 is 1.96 bits per heavy atom.